The van der Waals surface area contributed by atoms with Crippen molar-refractivity contribution in [3.8, 4) is 0 Å². The van der Waals surface area contributed by atoms with Crippen LogP contribution in [0.1, 0.15) is 26.5 Å². The molecule has 2 heterocycles. The molecular weight excluding hydrogens is 297 g/mol. The van der Waals surface area contributed by atoms with E-state index in [9.17, 15) is 12.8 Å². The molecule has 0 amide bonds. The third kappa shape index (κ3) is 3.35. The fourth-order valence-electron chi connectivity index (χ4n) is 1.77. The van der Waals surface area contributed by atoms with Gasteiger partial charge in [-0.3, -0.25) is 14.4 Å². The zero-order valence-corrected chi connectivity index (χ0v) is 12.9. The summed E-state index contributed by atoms with van der Waals surface area (Å²) in [6, 6.07) is 0. The molecule has 2 rings (SSSR count). The Bertz CT molecular complexity index is 764. The van der Waals surface area contributed by atoms with Crippen molar-refractivity contribution in [3.63, 3.8) is 0 Å². The van der Waals surface area contributed by atoms with Crippen LogP contribution in [0, 0.1) is 5.95 Å². The second kappa shape index (κ2) is 5.06. The van der Waals surface area contributed by atoms with E-state index in [-0.39, 0.29) is 10.7 Å². The lowest BCUT2D eigenvalue weighted by molar-refractivity contribution is 0.538. The van der Waals surface area contributed by atoms with Crippen molar-refractivity contribution >= 4 is 15.8 Å². The van der Waals surface area contributed by atoms with Gasteiger partial charge in [0.25, 0.3) is 10.0 Å². The van der Waals surface area contributed by atoms with Crippen molar-refractivity contribution in [2.24, 2.45) is 7.05 Å². The van der Waals surface area contributed by atoms with E-state index >= 15 is 0 Å². The number of aryl methyl sites for hydroxylation is 1. The topological polar surface area (TPSA) is 89.8 Å². The van der Waals surface area contributed by atoms with Crippen molar-refractivity contribution in [3.05, 3.63) is 30.2 Å². The smallest absolute Gasteiger partial charge is 0.266 e. The van der Waals surface area contributed by atoms with E-state index in [2.05, 4.69) is 19.8 Å². The molecule has 0 spiro atoms. The molecule has 0 saturated heterocycles. The van der Waals surface area contributed by atoms with Gasteiger partial charge in [0.1, 0.15) is 4.90 Å². The molecule has 0 aliphatic carbocycles. The Morgan fingerprint density at radius 1 is 1.29 bits per heavy atom. The van der Waals surface area contributed by atoms with E-state index < -0.39 is 21.4 Å². The summed E-state index contributed by atoms with van der Waals surface area (Å²) in [4.78, 5) is 7.02. The maximum atomic E-state index is 13.0. The van der Waals surface area contributed by atoms with Crippen molar-refractivity contribution in [2.45, 2.75) is 31.1 Å². The van der Waals surface area contributed by atoms with E-state index in [4.69, 9.17) is 0 Å². The number of anilines is 1. The first-order valence-corrected chi connectivity index (χ1v) is 7.62. The lowest BCUT2D eigenvalue weighted by atomic mass is 9.92. The van der Waals surface area contributed by atoms with Crippen molar-refractivity contribution in [2.75, 3.05) is 4.72 Å². The standard InChI is InChI=1S/C12H16FN5O2S/c1-12(2,3)11-8(7-18(4)16-11)21(19,20)17-10-6-14-5-9(13)15-10/h5-7H,1-4H3,(H,15,17). The van der Waals surface area contributed by atoms with Gasteiger partial charge in [0.2, 0.25) is 5.95 Å². The minimum atomic E-state index is -3.93. The maximum Gasteiger partial charge on any atom is 0.266 e. The number of sulfonamides is 1. The molecular formula is C12H16FN5O2S. The number of nitrogens with one attached hydrogen (secondary N) is 1. The lowest BCUT2D eigenvalue weighted by Crippen LogP contribution is -2.21. The Morgan fingerprint density at radius 3 is 2.52 bits per heavy atom. The third-order valence-corrected chi connectivity index (χ3v) is 3.99. The average Bonchev–Trinajstić information content (AvgIpc) is 2.71. The van der Waals surface area contributed by atoms with Crippen LogP contribution in [0.4, 0.5) is 10.2 Å². The maximum absolute atomic E-state index is 13.0. The average molecular weight is 313 g/mol. The first kappa shape index (κ1) is 15.4. The molecule has 0 saturated carbocycles. The van der Waals surface area contributed by atoms with Crippen molar-refractivity contribution in [1.29, 1.82) is 0 Å². The summed E-state index contributed by atoms with van der Waals surface area (Å²) < 4.78 is 41.5. The number of rotatable bonds is 3. The number of halogens is 1. The Balaban J connectivity index is 2.45. The predicted octanol–water partition coefficient (Wildman–Crippen LogP) is 1.45. The second-order valence-corrected chi connectivity index (χ2v) is 7.25. The van der Waals surface area contributed by atoms with Crippen molar-refractivity contribution < 1.29 is 12.8 Å². The van der Waals surface area contributed by atoms with Crippen LogP contribution in [0.15, 0.2) is 23.5 Å². The van der Waals surface area contributed by atoms with Gasteiger partial charge in [-0.15, -0.1) is 0 Å². The Hall–Kier alpha value is -2.03. The summed E-state index contributed by atoms with van der Waals surface area (Å²) in [6.07, 6.45) is 3.42. The first-order valence-electron chi connectivity index (χ1n) is 6.14. The molecule has 2 aromatic rings. The van der Waals surface area contributed by atoms with Crippen LogP contribution in [-0.4, -0.2) is 28.2 Å². The highest BCUT2D eigenvalue weighted by molar-refractivity contribution is 7.92. The van der Waals surface area contributed by atoms with Crippen LogP contribution >= 0.6 is 0 Å². The van der Waals surface area contributed by atoms with Crippen LogP contribution in [-0.2, 0) is 22.5 Å². The highest BCUT2D eigenvalue weighted by Gasteiger charge is 2.29. The van der Waals surface area contributed by atoms with E-state index in [0.717, 1.165) is 12.4 Å². The van der Waals surface area contributed by atoms with E-state index in [1.165, 1.54) is 10.9 Å². The van der Waals surface area contributed by atoms with Gasteiger partial charge >= 0.3 is 0 Å². The second-order valence-electron chi connectivity index (χ2n) is 5.60. The summed E-state index contributed by atoms with van der Waals surface area (Å²) in [5.74, 6) is -1.05. The van der Waals surface area contributed by atoms with Gasteiger partial charge in [0, 0.05) is 18.7 Å². The quantitative estimate of drug-likeness (QED) is 0.926. The third-order valence-electron chi connectivity index (χ3n) is 2.64. The minimum absolute atomic E-state index is 0.0311. The highest BCUT2D eigenvalue weighted by Crippen LogP contribution is 2.28. The van der Waals surface area contributed by atoms with E-state index in [1.54, 1.807) is 7.05 Å². The molecule has 2 aromatic heterocycles. The summed E-state index contributed by atoms with van der Waals surface area (Å²) in [6.45, 7) is 5.57. The molecule has 0 fully saturated rings. The molecule has 1 N–H and O–H groups in total. The molecule has 9 heteroatoms. The van der Waals surface area contributed by atoms with Crippen LogP contribution in [0.3, 0.4) is 0 Å². The van der Waals surface area contributed by atoms with Crippen LogP contribution < -0.4 is 4.72 Å². The first-order chi connectivity index (χ1) is 9.59. The summed E-state index contributed by atoms with van der Waals surface area (Å²) >= 11 is 0. The number of aromatic nitrogens is 4. The normalized spacial score (nSPS) is 12.4. The summed E-state index contributed by atoms with van der Waals surface area (Å²) in [7, 11) is -2.29. The number of hydrogen-bond acceptors (Lipinski definition) is 5. The SMILES string of the molecule is Cn1cc(S(=O)(=O)Nc2cncc(F)n2)c(C(C)(C)C)n1. The zero-order valence-electron chi connectivity index (χ0n) is 12.1. The predicted molar refractivity (Wildman–Crippen MR) is 74.7 cm³/mol. The van der Waals surface area contributed by atoms with Crippen molar-refractivity contribution in [1.82, 2.24) is 19.7 Å². The van der Waals surface area contributed by atoms with Gasteiger partial charge in [-0.1, -0.05) is 20.8 Å². The van der Waals surface area contributed by atoms with Crippen LogP contribution in [0.5, 0.6) is 0 Å². The Labute approximate surface area is 122 Å². The van der Waals surface area contributed by atoms with Gasteiger partial charge in [0.15, 0.2) is 5.82 Å². The molecule has 21 heavy (non-hydrogen) atoms. The largest absolute Gasteiger partial charge is 0.274 e. The van der Waals surface area contributed by atoms with Gasteiger partial charge in [-0.05, 0) is 0 Å². The highest BCUT2D eigenvalue weighted by atomic mass is 32.2. The zero-order chi connectivity index (χ0) is 15.8. The van der Waals surface area contributed by atoms with Crippen LogP contribution in [0.2, 0.25) is 0 Å². The fraction of sp³-hybridized carbons (Fsp3) is 0.417. The van der Waals surface area contributed by atoms with Gasteiger partial charge < -0.3 is 0 Å². The van der Waals surface area contributed by atoms with E-state index in [0.29, 0.717) is 5.69 Å². The van der Waals surface area contributed by atoms with Crippen LogP contribution in [0.25, 0.3) is 0 Å². The molecule has 7 nitrogen and oxygen atoms in total. The Kier molecular flexibility index (Phi) is 3.70. The Morgan fingerprint density at radius 2 is 1.95 bits per heavy atom. The van der Waals surface area contributed by atoms with E-state index in [1.807, 2.05) is 20.8 Å². The monoisotopic (exact) mass is 313 g/mol. The number of nitrogens with zero attached hydrogens (tertiary/aromatic N) is 4. The molecule has 0 radical (unpaired) electrons. The molecule has 0 unspecified atom stereocenters. The van der Waals surface area contributed by atoms with Gasteiger partial charge in [-0.25, -0.2) is 8.42 Å². The number of hydrogen-bond donors (Lipinski definition) is 1. The summed E-state index contributed by atoms with van der Waals surface area (Å²) in [5.41, 5.74) is -0.0410. The molecule has 0 aliphatic rings. The van der Waals surface area contributed by atoms with Gasteiger partial charge in [0.05, 0.1) is 18.1 Å². The summed E-state index contributed by atoms with van der Waals surface area (Å²) in [5, 5.41) is 4.19. The molecule has 114 valence electrons. The minimum Gasteiger partial charge on any atom is -0.274 e. The van der Waals surface area contributed by atoms with Gasteiger partial charge in [-0.2, -0.15) is 14.5 Å². The molecule has 0 bridgehead atoms. The molecule has 0 aliphatic heterocycles. The molecule has 0 atom stereocenters. The molecule has 0 aromatic carbocycles. The fourth-order valence-corrected chi connectivity index (χ4v) is 3.14. The lowest BCUT2D eigenvalue weighted by Gasteiger charge is -2.17.